The summed E-state index contributed by atoms with van der Waals surface area (Å²) in [6.07, 6.45) is 0. The van der Waals surface area contributed by atoms with Gasteiger partial charge in [0, 0.05) is 0 Å². The molecule has 1 aliphatic rings. The van der Waals surface area contributed by atoms with Crippen molar-refractivity contribution < 1.29 is 75.4 Å². The zero-order chi connectivity index (χ0) is 26.1. The Morgan fingerprint density at radius 3 is 1.18 bits per heavy atom. The first kappa shape index (κ1) is 26.9. The first-order valence-electron chi connectivity index (χ1n) is 8.05. The van der Waals surface area contributed by atoms with Gasteiger partial charge in [0.2, 0.25) is 0 Å². The molecule has 0 bridgehead atoms. The summed E-state index contributed by atoms with van der Waals surface area (Å²) in [4.78, 5) is 11.6. The van der Waals surface area contributed by atoms with Crippen LogP contribution in [0.4, 0.5) is 65.9 Å². The van der Waals surface area contributed by atoms with Crippen molar-refractivity contribution in [1.29, 1.82) is 0 Å². The van der Waals surface area contributed by atoms with Gasteiger partial charge in [-0.05, 0) is 5.56 Å². The van der Waals surface area contributed by atoms with Gasteiger partial charge in [0.25, 0.3) is 0 Å². The second-order valence-corrected chi connectivity index (χ2v) is 6.74. The van der Waals surface area contributed by atoms with Crippen LogP contribution in [0.5, 0.6) is 0 Å². The third-order valence-corrected chi connectivity index (χ3v) is 4.73. The molecule has 0 unspecified atom stereocenters. The standard InChI is InChI=1S/C16H7F15O2/c17-9(8(32)33-6-7-4-2-1-3-5-7)10(18,19)12(22,23)14(26,27)16(30,31)15(28,29)13(24,25)11(9,20)21/h1-5H,6H2. The predicted octanol–water partition coefficient (Wildman–Crippen LogP) is 5.90. The van der Waals surface area contributed by atoms with Crippen molar-refractivity contribution in [3.05, 3.63) is 35.9 Å². The lowest BCUT2D eigenvalue weighted by atomic mass is 9.73. The Morgan fingerprint density at radius 1 is 0.545 bits per heavy atom. The number of ether oxygens (including phenoxy) is 1. The lowest BCUT2D eigenvalue weighted by Gasteiger charge is -2.50. The SMILES string of the molecule is O=C(OCc1ccccc1)C1(F)C(F)(F)C(F)(F)C(F)(F)C(F)(F)C(F)(F)C(F)(F)C1(F)F. The maximum absolute atomic E-state index is 14.7. The first-order valence-corrected chi connectivity index (χ1v) is 8.05. The van der Waals surface area contributed by atoms with Crippen molar-refractivity contribution >= 4 is 5.97 Å². The van der Waals surface area contributed by atoms with E-state index in [4.69, 9.17) is 0 Å². The number of hydrogen-bond acceptors (Lipinski definition) is 2. The molecule has 1 aromatic rings. The normalized spacial score (nSPS) is 27.6. The van der Waals surface area contributed by atoms with Crippen LogP contribution in [0.25, 0.3) is 0 Å². The van der Waals surface area contributed by atoms with Gasteiger partial charge in [0.15, 0.2) is 0 Å². The molecule has 17 heteroatoms. The summed E-state index contributed by atoms with van der Waals surface area (Å²) in [6, 6.07) is 5.18. The van der Waals surface area contributed by atoms with Crippen molar-refractivity contribution in [2.24, 2.45) is 0 Å². The molecule has 0 heterocycles. The lowest BCUT2D eigenvalue weighted by molar-refractivity contribution is -0.486. The molecule has 0 amide bonds. The Hall–Kier alpha value is -2.36. The number of esters is 1. The molecule has 33 heavy (non-hydrogen) atoms. The average Bonchev–Trinajstić information content (AvgIpc) is 2.70. The minimum absolute atomic E-state index is 0.423. The van der Waals surface area contributed by atoms with Gasteiger partial charge in [-0.2, -0.15) is 61.5 Å². The topological polar surface area (TPSA) is 26.3 Å². The van der Waals surface area contributed by atoms with Gasteiger partial charge in [-0.3, -0.25) is 0 Å². The van der Waals surface area contributed by atoms with E-state index in [0.717, 1.165) is 24.3 Å². The van der Waals surface area contributed by atoms with Crippen molar-refractivity contribution in [3.8, 4) is 0 Å². The van der Waals surface area contributed by atoms with Crippen LogP contribution >= 0.6 is 0 Å². The maximum atomic E-state index is 14.7. The monoisotopic (exact) mass is 516 g/mol. The number of carbonyl (C=O) groups is 1. The zero-order valence-electron chi connectivity index (χ0n) is 15.1. The predicted molar refractivity (Wildman–Crippen MR) is 74.7 cm³/mol. The van der Waals surface area contributed by atoms with Crippen LogP contribution in [0.15, 0.2) is 30.3 Å². The van der Waals surface area contributed by atoms with Crippen LogP contribution < -0.4 is 0 Å². The highest BCUT2D eigenvalue weighted by Gasteiger charge is 3.03. The van der Waals surface area contributed by atoms with Gasteiger partial charge in [0.05, 0.1) is 0 Å². The Balaban J connectivity index is 2.84. The largest absolute Gasteiger partial charge is 0.458 e. The molecule has 1 saturated carbocycles. The Bertz CT molecular complexity index is 868. The minimum atomic E-state index is -8.30. The van der Waals surface area contributed by atoms with Crippen LogP contribution in [0.1, 0.15) is 5.56 Å². The van der Waals surface area contributed by atoms with Gasteiger partial charge < -0.3 is 4.74 Å². The quantitative estimate of drug-likeness (QED) is 0.370. The van der Waals surface area contributed by atoms with E-state index in [9.17, 15) is 70.7 Å². The summed E-state index contributed by atoms with van der Waals surface area (Å²) in [5.41, 5.74) is -8.11. The van der Waals surface area contributed by atoms with Gasteiger partial charge >= 0.3 is 53.1 Å². The summed E-state index contributed by atoms with van der Waals surface area (Å²) in [7, 11) is 0. The molecule has 0 aliphatic heterocycles. The molecule has 0 saturated heterocycles. The number of benzene rings is 1. The smallest absolute Gasteiger partial charge is 0.384 e. The fourth-order valence-electron chi connectivity index (χ4n) is 2.69. The number of hydrogen-bond donors (Lipinski definition) is 0. The summed E-state index contributed by atoms with van der Waals surface area (Å²) in [5, 5.41) is 0. The third-order valence-electron chi connectivity index (χ3n) is 4.73. The van der Waals surface area contributed by atoms with Gasteiger partial charge in [-0.1, -0.05) is 30.3 Å². The van der Waals surface area contributed by atoms with E-state index in [1.807, 2.05) is 0 Å². The van der Waals surface area contributed by atoms with Crippen LogP contribution in [-0.4, -0.2) is 53.1 Å². The van der Waals surface area contributed by atoms with Gasteiger partial charge in [-0.15, -0.1) is 0 Å². The Labute approximate surface area is 172 Å². The Morgan fingerprint density at radius 2 is 0.848 bits per heavy atom. The molecule has 0 spiro atoms. The van der Waals surface area contributed by atoms with Crippen molar-refractivity contribution in [2.45, 2.75) is 53.7 Å². The number of rotatable bonds is 3. The van der Waals surface area contributed by atoms with E-state index in [1.165, 1.54) is 6.07 Å². The minimum Gasteiger partial charge on any atom is -0.458 e. The van der Waals surface area contributed by atoms with Crippen LogP contribution in [-0.2, 0) is 16.1 Å². The number of alkyl halides is 15. The molecule has 0 radical (unpaired) electrons. The second-order valence-electron chi connectivity index (χ2n) is 6.74. The summed E-state index contributed by atoms with van der Waals surface area (Å²) in [5.74, 6) is -61.8. The fourth-order valence-corrected chi connectivity index (χ4v) is 2.69. The summed E-state index contributed by atoms with van der Waals surface area (Å²) < 4.78 is 210. The molecule has 0 aromatic heterocycles. The fraction of sp³-hybridized carbons (Fsp3) is 0.562. The molecule has 1 aromatic carbocycles. The highest BCUT2D eigenvalue weighted by molar-refractivity contribution is 5.83. The number of carbonyl (C=O) groups excluding carboxylic acids is 1. The zero-order valence-corrected chi connectivity index (χ0v) is 15.1. The van der Waals surface area contributed by atoms with E-state index in [1.54, 1.807) is 0 Å². The van der Waals surface area contributed by atoms with Crippen LogP contribution in [0.3, 0.4) is 0 Å². The van der Waals surface area contributed by atoms with Crippen LogP contribution in [0, 0.1) is 0 Å². The van der Waals surface area contributed by atoms with E-state index in [-0.39, 0.29) is 0 Å². The highest BCUT2D eigenvalue weighted by atomic mass is 19.4. The average molecular weight is 516 g/mol. The molecule has 2 rings (SSSR count). The number of halogens is 15. The highest BCUT2D eigenvalue weighted by Crippen LogP contribution is 2.70. The molecular weight excluding hydrogens is 509 g/mol. The summed E-state index contributed by atoms with van der Waals surface area (Å²) >= 11 is 0. The summed E-state index contributed by atoms with van der Waals surface area (Å²) in [6.45, 7) is -1.61. The molecule has 2 nitrogen and oxygen atoms in total. The second kappa shape index (κ2) is 7.07. The van der Waals surface area contributed by atoms with Crippen molar-refractivity contribution in [3.63, 3.8) is 0 Å². The van der Waals surface area contributed by atoms with Crippen molar-refractivity contribution in [1.82, 2.24) is 0 Å². The molecule has 0 atom stereocenters. The van der Waals surface area contributed by atoms with Crippen LogP contribution in [0.2, 0.25) is 0 Å². The van der Waals surface area contributed by atoms with E-state index in [0.29, 0.717) is 0 Å². The maximum Gasteiger partial charge on any atom is 0.384 e. The van der Waals surface area contributed by atoms with E-state index < -0.39 is 65.3 Å². The van der Waals surface area contributed by atoms with Gasteiger partial charge in [-0.25, -0.2) is 9.18 Å². The molecule has 0 N–H and O–H groups in total. The van der Waals surface area contributed by atoms with Crippen molar-refractivity contribution in [2.75, 3.05) is 0 Å². The molecule has 188 valence electrons. The van der Waals surface area contributed by atoms with E-state index >= 15 is 0 Å². The first-order chi connectivity index (χ1) is 14.5. The molecule has 1 aliphatic carbocycles. The molecule has 1 fully saturated rings. The molecular formula is C16H7F15O2. The third kappa shape index (κ3) is 2.88. The lowest BCUT2D eigenvalue weighted by Crippen LogP contribution is -2.84. The Kier molecular flexibility index (Phi) is 5.76. The van der Waals surface area contributed by atoms with Gasteiger partial charge in [0.1, 0.15) is 6.61 Å². The van der Waals surface area contributed by atoms with E-state index in [2.05, 4.69) is 4.74 Å².